The molecule has 12 heavy (non-hydrogen) atoms. The second-order valence-electron chi connectivity index (χ2n) is 3.11. The van der Waals surface area contributed by atoms with Crippen molar-refractivity contribution in [1.82, 2.24) is 10.3 Å². The van der Waals surface area contributed by atoms with Crippen molar-refractivity contribution in [1.29, 1.82) is 0 Å². The van der Waals surface area contributed by atoms with Gasteiger partial charge in [0.1, 0.15) is 6.26 Å². The van der Waals surface area contributed by atoms with Crippen LogP contribution in [0.4, 0.5) is 5.82 Å². The lowest BCUT2D eigenvalue weighted by molar-refractivity contribution is 0.557. The predicted octanol–water partition coefficient (Wildman–Crippen LogP) is 0.696. The summed E-state index contributed by atoms with van der Waals surface area (Å²) in [6.07, 6.45) is 4.32. The maximum Gasteiger partial charge on any atom is 0.182 e. The minimum absolute atomic E-state index is 0.738. The van der Waals surface area contributed by atoms with Gasteiger partial charge in [-0.2, -0.15) is 4.98 Å². The fourth-order valence-corrected chi connectivity index (χ4v) is 1.44. The average molecular weight is 167 g/mol. The highest BCUT2D eigenvalue weighted by molar-refractivity contribution is 5.28. The van der Waals surface area contributed by atoms with Crippen molar-refractivity contribution in [2.75, 3.05) is 25.0 Å². The third kappa shape index (κ3) is 1.76. The second-order valence-corrected chi connectivity index (χ2v) is 3.11. The molecule has 2 N–H and O–H groups in total. The molecule has 0 saturated carbocycles. The highest BCUT2D eigenvalue weighted by Crippen LogP contribution is 2.09. The molecule has 0 spiro atoms. The second kappa shape index (κ2) is 3.58. The van der Waals surface area contributed by atoms with E-state index in [1.54, 1.807) is 6.26 Å². The minimum Gasteiger partial charge on any atom is -0.449 e. The van der Waals surface area contributed by atoms with E-state index in [1.807, 2.05) is 0 Å². The summed E-state index contributed by atoms with van der Waals surface area (Å²) in [6.45, 7) is 3.25. The van der Waals surface area contributed by atoms with Gasteiger partial charge in [0.05, 0.1) is 0 Å². The summed E-state index contributed by atoms with van der Waals surface area (Å²) in [4.78, 5) is 3.98. The maximum atomic E-state index is 4.84. The Morgan fingerprint density at radius 2 is 2.75 bits per heavy atom. The molecule has 1 aliphatic heterocycles. The quantitative estimate of drug-likeness (QED) is 0.695. The summed E-state index contributed by atoms with van der Waals surface area (Å²) < 4.78 is 4.84. The molecule has 0 radical (unpaired) electrons. The molecule has 0 aromatic carbocycles. The summed E-state index contributed by atoms with van der Waals surface area (Å²) in [5, 5.41) is 6.54. The molecule has 1 aromatic rings. The molecule has 0 bridgehead atoms. The van der Waals surface area contributed by atoms with E-state index in [0.717, 1.165) is 31.4 Å². The first-order valence-electron chi connectivity index (χ1n) is 4.28. The lowest BCUT2D eigenvalue weighted by atomic mass is 10.1. The maximum absolute atomic E-state index is 4.84. The third-order valence-corrected chi connectivity index (χ3v) is 2.17. The molecule has 4 heteroatoms. The van der Waals surface area contributed by atoms with Crippen LogP contribution in [0.15, 0.2) is 17.1 Å². The standard InChI is InChI=1S/C8H13N3O/c1-2-9-3-7(1)4-10-8-5-12-6-11-8/h5-7,9-10H,1-4H2. The molecule has 1 saturated heterocycles. The lowest BCUT2D eigenvalue weighted by Crippen LogP contribution is -2.17. The Morgan fingerprint density at radius 1 is 1.75 bits per heavy atom. The number of hydrogen-bond donors (Lipinski definition) is 2. The van der Waals surface area contributed by atoms with Gasteiger partial charge < -0.3 is 15.1 Å². The van der Waals surface area contributed by atoms with Gasteiger partial charge in [-0.05, 0) is 25.4 Å². The van der Waals surface area contributed by atoms with Crippen molar-refractivity contribution >= 4 is 5.82 Å². The van der Waals surface area contributed by atoms with Crippen molar-refractivity contribution in [3.63, 3.8) is 0 Å². The van der Waals surface area contributed by atoms with E-state index in [4.69, 9.17) is 4.42 Å². The van der Waals surface area contributed by atoms with E-state index in [2.05, 4.69) is 15.6 Å². The first-order valence-corrected chi connectivity index (χ1v) is 4.28. The highest BCUT2D eigenvalue weighted by Gasteiger charge is 2.13. The summed E-state index contributed by atoms with van der Waals surface area (Å²) >= 11 is 0. The van der Waals surface area contributed by atoms with Crippen LogP contribution in [-0.4, -0.2) is 24.6 Å². The number of rotatable bonds is 3. The molecule has 0 aliphatic carbocycles. The largest absolute Gasteiger partial charge is 0.449 e. The van der Waals surface area contributed by atoms with Crippen LogP contribution in [-0.2, 0) is 0 Å². The molecule has 1 unspecified atom stereocenters. The van der Waals surface area contributed by atoms with Gasteiger partial charge in [-0.3, -0.25) is 0 Å². The molecule has 2 rings (SSSR count). The average Bonchev–Trinajstić information content (AvgIpc) is 2.74. The van der Waals surface area contributed by atoms with Crippen LogP contribution in [0.1, 0.15) is 6.42 Å². The molecule has 66 valence electrons. The molecule has 0 amide bonds. The van der Waals surface area contributed by atoms with E-state index >= 15 is 0 Å². The van der Waals surface area contributed by atoms with Gasteiger partial charge in [0.25, 0.3) is 0 Å². The van der Waals surface area contributed by atoms with Gasteiger partial charge in [-0.15, -0.1) is 0 Å². The smallest absolute Gasteiger partial charge is 0.182 e. The van der Waals surface area contributed by atoms with E-state index in [9.17, 15) is 0 Å². The summed E-state index contributed by atoms with van der Waals surface area (Å²) in [7, 11) is 0. The van der Waals surface area contributed by atoms with Crippen LogP contribution in [0.2, 0.25) is 0 Å². The predicted molar refractivity (Wildman–Crippen MR) is 46.0 cm³/mol. The van der Waals surface area contributed by atoms with Gasteiger partial charge in [0, 0.05) is 6.54 Å². The summed E-state index contributed by atoms with van der Waals surface area (Å²) in [5.74, 6) is 1.57. The van der Waals surface area contributed by atoms with Gasteiger partial charge >= 0.3 is 0 Å². The van der Waals surface area contributed by atoms with Crippen molar-refractivity contribution in [2.45, 2.75) is 6.42 Å². The van der Waals surface area contributed by atoms with Crippen LogP contribution < -0.4 is 10.6 Å². The monoisotopic (exact) mass is 167 g/mol. The van der Waals surface area contributed by atoms with E-state index < -0.39 is 0 Å². The number of aromatic nitrogens is 1. The molecule has 2 heterocycles. The van der Waals surface area contributed by atoms with Crippen molar-refractivity contribution in [2.24, 2.45) is 5.92 Å². The molecule has 1 atom stereocenters. The zero-order valence-corrected chi connectivity index (χ0v) is 6.92. The highest BCUT2D eigenvalue weighted by atomic mass is 16.3. The molecule has 4 nitrogen and oxygen atoms in total. The molecule has 1 aliphatic rings. The van der Waals surface area contributed by atoms with Crippen LogP contribution in [0.25, 0.3) is 0 Å². The summed E-state index contributed by atoms with van der Waals surface area (Å²) in [6, 6.07) is 0. The van der Waals surface area contributed by atoms with Crippen molar-refractivity contribution in [3.8, 4) is 0 Å². The minimum atomic E-state index is 0.738. The topological polar surface area (TPSA) is 50.1 Å². The van der Waals surface area contributed by atoms with Crippen LogP contribution in [0.5, 0.6) is 0 Å². The van der Waals surface area contributed by atoms with Gasteiger partial charge in [0.2, 0.25) is 0 Å². The normalized spacial score (nSPS) is 22.8. The fraction of sp³-hybridized carbons (Fsp3) is 0.625. The van der Waals surface area contributed by atoms with Crippen molar-refractivity contribution in [3.05, 3.63) is 12.7 Å². The van der Waals surface area contributed by atoms with Crippen LogP contribution in [0.3, 0.4) is 0 Å². The Kier molecular flexibility index (Phi) is 2.27. The van der Waals surface area contributed by atoms with Gasteiger partial charge in [0.15, 0.2) is 12.2 Å². The Bertz CT molecular complexity index is 216. The number of hydrogen-bond acceptors (Lipinski definition) is 4. The number of nitrogens with zero attached hydrogens (tertiary/aromatic N) is 1. The number of oxazole rings is 1. The molecule has 1 aromatic heterocycles. The van der Waals surface area contributed by atoms with E-state index in [1.165, 1.54) is 12.8 Å². The third-order valence-electron chi connectivity index (χ3n) is 2.17. The Morgan fingerprint density at radius 3 is 3.42 bits per heavy atom. The Hall–Kier alpha value is -1.03. The first-order chi connectivity index (χ1) is 5.95. The zero-order chi connectivity index (χ0) is 8.23. The van der Waals surface area contributed by atoms with Gasteiger partial charge in [-0.1, -0.05) is 0 Å². The first kappa shape index (κ1) is 7.61. The molecular weight excluding hydrogens is 154 g/mol. The SMILES string of the molecule is c1nc(NCC2CCNC2)co1. The Labute approximate surface area is 71.4 Å². The van der Waals surface area contributed by atoms with Crippen molar-refractivity contribution < 1.29 is 4.42 Å². The Balaban J connectivity index is 1.74. The van der Waals surface area contributed by atoms with Crippen LogP contribution >= 0.6 is 0 Å². The molecule has 1 fully saturated rings. The number of nitrogens with one attached hydrogen (secondary N) is 2. The fourth-order valence-electron chi connectivity index (χ4n) is 1.44. The number of anilines is 1. The lowest BCUT2D eigenvalue weighted by Gasteiger charge is -2.07. The van der Waals surface area contributed by atoms with E-state index in [-0.39, 0.29) is 0 Å². The zero-order valence-electron chi connectivity index (χ0n) is 6.92. The van der Waals surface area contributed by atoms with E-state index in [0.29, 0.717) is 0 Å². The van der Waals surface area contributed by atoms with Crippen LogP contribution in [0, 0.1) is 5.92 Å². The van der Waals surface area contributed by atoms with Gasteiger partial charge in [-0.25, -0.2) is 0 Å². The summed E-state index contributed by atoms with van der Waals surface area (Å²) in [5.41, 5.74) is 0. The molecular formula is C8H13N3O.